The zero-order valence-electron chi connectivity index (χ0n) is 12.1. The number of aryl methyl sites for hydroxylation is 1. The molecule has 0 atom stereocenters. The fraction of sp³-hybridized carbons (Fsp3) is 0.467. The summed E-state index contributed by atoms with van der Waals surface area (Å²) in [4.78, 5) is 6.50. The summed E-state index contributed by atoms with van der Waals surface area (Å²) >= 11 is 0. The minimum atomic E-state index is 0.318. The van der Waals surface area contributed by atoms with E-state index >= 15 is 0 Å². The van der Waals surface area contributed by atoms with Crippen molar-refractivity contribution in [3.8, 4) is 5.75 Å². The van der Waals surface area contributed by atoms with E-state index in [4.69, 9.17) is 14.0 Å². The maximum Gasteiger partial charge on any atom is 0.223 e. The first-order valence-electron chi connectivity index (χ1n) is 7.10. The molecular formula is C15H19N3O3. The Morgan fingerprint density at radius 2 is 2.14 bits per heavy atom. The molecule has 1 aliphatic heterocycles. The van der Waals surface area contributed by atoms with Crippen molar-refractivity contribution in [1.29, 1.82) is 0 Å². The smallest absolute Gasteiger partial charge is 0.223 e. The molecule has 6 heteroatoms. The molecule has 21 heavy (non-hydrogen) atoms. The van der Waals surface area contributed by atoms with Gasteiger partial charge in [0.1, 0.15) is 5.75 Å². The van der Waals surface area contributed by atoms with Gasteiger partial charge in [0.15, 0.2) is 6.61 Å². The monoisotopic (exact) mass is 289 g/mol. The quantitative estimate of drug-likeness (QED) is 0.836. The van der Waals surface area contributed by atoms with Crippen LogP contribution in [0.1, 0.15) is 17.3 Å². The average molecular weight is 289 g/mol. The van der Waals surface area contributed by atoms with Gasteiger partial charge in [-0.05, 0) is 17.7 Å². The van der Waals surface area contributed by atoms with Crippen LogP contribution in [-0.2, 0) is 17.9 Å². The minimum Gasteiger partial charge on any atom is -0.485 e. The van der Waals surface area contributed by atoms with Crippen molar-refractivity contribution in [3.05, 3.63) is 41.5 Å². The molecule has 2 aromatic rings. The van der Waals surface area contributed by atoms with Crippen molar-refractivity contribution in [2.24, 2.45) is 0 Å². The number of nitrogens with zero attached hydrogens (tertiary/aromatic N) is 3. The van der Waals surface area contributed by atoms with E-state index in [1.54, 1.807) is 6.92 Å². The Hall–Kier alpha value is -1.92. The highest BCUT2D eigenvalue weighted by Gasteiger charge is 2.11. The molecule has 0 spiro atoms. The van der Waals surface area contributed by atoms with Crippen LogP contribution in [-0.4, -0.2) is 41.3 Å². The van der Waals surface area contributed by atoms with Crippen LogP contribution in [0.4, 0.5) is 0 Å². The molecule has 2 heterocycles. The second kappa shape index (κ2) is 6.69. The van der Waals surface area contributed by atoms with E-state index in [1.165, 1.54) is 5.56 Å². The standard InChI is InChI=1S/C15H19N3O3/c1-12-16-15(17-21-12)11-20-14-4-2-3-13(9-14)10-18-5-7-19-8-6-18/h2-4,9H,5-8,10-11H2,1H3. The van der Waals surface area contributed by atoms with Gasteiger partial charge in [-0.1, -0.05) is 17.3 Å². The maximum absolute atomic E-state index is 5.71. The molecule has 1 aromatic carbocycles. The first kappa shape index (κ1) is 14.0. The van der Waals surface area contributed by atoms with Crippen LogP contribution in [0.25, 0.3) is 0 Å². The van der Waals surface area contributed by atoms with Crippen LogP contribution >= 0.6 is 0 Å². The molecule has 0 N–H and O–H groups in total. The van der Waals surface area contributed by atoms with E-state index in [9.17, 15) is 0 Å². The Labute approximate surface area is 123 Å². The zero-order valence-corrected chi connectivity index (χ0v) is 12.1. The molecule has 1 saturated heterocycles. The number of rotatable bonds is 5. The molecule has 0 saturated carbocycles. The average Bonchev–Trinajstić information content (AvgIpc) is 2.92. The molecule has 0 unspecified atom stereocenters. The van der Waals surface area contributed by atoms with Crippen LogP contribution in [0.5, 0.6) is 5.75 Å². The van der Waals surface area contributed by atoms with E-state index in [1.807, 2.05) is 12.1 Å². The van der Waals surface area contributed by atoms with Gasteiger partial charge in [0.25, 0.3) is 0 Å². The Balaban J connectivity index is 1.57. The summed E-state index contributed by atoms with van der Waals surface area (Å²) in [6.45, 7) is 6.58. The van der Waals surface area contributed by atoms with Gasteiger partial charge in [-0.2, -0.15) is 4.98 Å². The minimum absolute atomic E-state index is 0.318. The predicted octanol–water partition coefficient (Wildman–Crippen LogP) is 1.79. The third kappa shape index (κ3) is 4.03. The number of hydrogen-bond acceptors (Lipinski definition) is 6. The summed E-state index contributed by atoms with van der Waals surface area (Å²) in [5.74, 6) is 1.93. The SMILES string of the molecule is Cc1nc(COc2cccc(CN3CCOCC3)c2)no1. The molecule has 3 rings (SSSR count). The highest BCUT2D eigenvalue weighted by Crippen LogP contribution is 2.16. The van der Waals surface area contributed by atoms with Crippen LogP contribution in [0.15, 0.2) is 28.8 Å². The first-order valence-corrected chi connectivity index (χ1v) is 7.10. The van der Waals surface area contributed by atoms with Crippen LogP contribution < -0.4 is 4.74 Å². The van der Waals surface area contributed by atoms with Gasteiger partial charge in [0.2, 0.25) is 11.7 Å². The second-order valence-corrected chi connectivity index (χ2v) is 5.05. The van der Waals surface area contributed by atoms with E-state index in [0.717, 1.165) is 38.6 Å². The van der Waals surface area contributed by atoms with Gasteiger partial charge in [0.05, 0.1) is 13.2 Å². The van der Waals surface area contributed by atoms with Crippen molar-refractivity contribution in [1.82, 2.24) is 15.0 Å². The summed E-state index contributed by atoms with van der Waals surface area (Å²) in [5.41, 5.74) is 1.23. The Bertz CT molecular complexity index is 579. The summed E-state index contributed by atoms with van der Waals surface area (Å²) in [7, 11) is 0. The summed E-state index contributed by atoms with van der Waals surface area (Å²) in [5, 5.41) is 3.81. The predicted molar refractivity (Wildman–Crippen MR) is 75.9 cm³/mol. The molecule has 1 aliphatic rings. The number of ether oxygens (including phenoxy) is 2. The molecule has 0 radical (unpaired) electrons. The van der Waals surface area contributed by atoms with Gasteiger partial charge in [-0.25, -0.2) is 0 Å². The molecule has 6 nitrogen and oxygen atoms in total. The Morgan fingerprint density at radius 1 is 1.29 bits per heavy atom. The largest absolute Gasteiger partial charge is 0.485 e. The van der Waals surface area contributed by atoms with Crippen molar-refractivity contribution in [2.45, 2.75) is 20.1 Å². The van der Waals surface area contributed by atoms with Crippen molar-refractivity contribution < 1.29 is 14.0 Å². The summed E-state index contributed by atoms with van der Waals surface area (Å²) in [6.07, 6.45) is 0. The lowest BCUT2D eigenvalue weighted by atomic mass is 10.2. The van der Waals surface area contributed by atoms with Gasteiger partial charge >= 0.3 is 0 Å². The molecular weight excluding hydrogens is 270 g/mol. The Kier molecular flexibility index (Phi) is 4.47. The first-order chi connectivity index (χ1) is 10.3. The second-order valence-electron chi connectivity index (χ2n) is 5.05. The third-order valence-electron chi connectivity index (χ3n) is 3.35. The topological polar surface area (TPSA) is 60.6 Å². The van der Waals surface area contributed by atoms with Crippen LogP contribution in [0.2, 0.25) is 0 Å². The normalized spacial score (nSPS) is 16.0. The van der Waals surface area contributed by atoms with Crippen molar-refractivity contribution in [3.63, 3.8) is 0 Å². The summed E-state index contributed by atoms with van der Waals surface area (Å²) in [6, 6.07) is 8.12. The zero-order chi connectivity index (χ0) is 14.5. The van der Waals surface area contributed by atoms with E-state index in [-0.39, 0.29) is 0 Å². The number of hydrogen-bond donors (Lipinski definition) is 0. The lowest BCUT2D eigenvalue weighted by Gasteiger charge is -2.26. The fourth-order valence-corrected chi connectivity index (χ4v) is 2.30. The third-order valence-corrected chi connectivity index (χ3v) is 3.35. The molecule has 0 amide bonds. The fourth-order valence-electron chi connectivity index (χ4n) is 2.30. The molecule has 1 aromatic heterocycles. The lowest BCUT2D eigenvalue weighted by Crippen LogP contribution is -2.35. The van der Waals surface area contributed by atoms with Gasteiger partial charge in [0, 0.05) is 26.6 Å². The van der Waals surface area contributed by atoms with Gasteiger partial charge in [-0.3, -0.25) is 4.90 Å². The summed E-state index contributed by atoms with van der Waals surface area (Å²) < 4.78 is 16.0. The molecule has 0 bridgehead atoms. The lowest BCUT2D eigenvalue weighted by molar-refractivity contribution is 0.0341. The van der Waals surface area contributed by atoms with Crippen molar-refractivity contribution in [2.75, 3.05) is 26.3 Å². The highest BCUT2D eigenvalue weighted by atomic mass is 16.5. The maximum atomic E-state index is 5.71. The number of benzene rings is 1. The van der Waals surface area contributed by atoms with Gasteiger partial charge < -0.3 is 14.0 Å². The van der Waals surface area contributed by atoms with E-state index < -0.39 is 0 Å². The highest BCUT2D eigenvalue weighted by molar-refractivity contribution is 5.28. The molecule has 112 valence electrons. The van der Waals surface area contributed by atoms with Crippen LogP contribution in [0.3, 0.4) is 0 Å². The van der Waals surface area contributed by atoms with Gasteiger partial charge in [-0.15, -0.1) is 0 Å². The number of aromatic nitrogens is 2. The Morgan fingerprint density at radius 3 is 2.90 bits per heavy atom. The van der Waals surface area contributed by atoms with E-state index in [0.29, 0.717) is 18.3 Å². The van der Waals surface area contributed by atoms with Crippen LogP contribution in [0, 0.1) is 6.92 Å². The van der Waals surface area contributed by atoms with Crippen molar-refractivity contribution >= 4 is 0 Å². The molecule has 1 fully saturated rings. The molecule has 0 aliphatic carbocycles. The number of morpholine rings is 1. The van der Waals surface area contributed by atoms with E-state index in [2.05, 4.69) is 27.2 Å².